The Morgan fingerprint density at radius 1 is 1.69 bits per heavy atom. The number of aromatic nitrogens is 1. The van der Waals surface area contributed by atoms with Crippen molar-refractivity contribution < 1.29 is 9.90 Å². The molecule has 0 atom stereocenters. The SMILES string of the molecule is CC(=NCC(=O)O)c1cccnc1. The summed E-state index contributed by atoms with van der Waals surface area (Å²) in [4.78, 5) is 18.0. The number of nitrogens with zero attached hydrogens (tertiary/aromatic N) is 2. The molecule has 68 valence electrons. The molecule has 1 rings (SSSR count). The van der Waals surface area contributed by atoms with Gasteiger partial charge in [0, 0.05) is 23.7 Å². The molecule has 0 aliphatic carbocycles. The Labute approximate surface area is 76.0 Å². The van der Waals surface area contributed by atoms with E-state index in [1.54, 1.807) is 25.4 Å². The molecule has 1 aromatic rings. The molecular weight excluding hydrogens is 168 g/mol. The second-order valence-corrected chi connectivity index (χ2v) is 2.54. The summed E-state index contributed by atoms with van der Waals surface area (Å²) in [7, 11) is 0. The van der Waals surface area contributed by atoms with Crippen LogP contribution in [0.25, 0.3) is 0 Å². The highest BCUT2D eigenvalue weighted by molar-refractivity contribution is 5.99. The summed E-state index contributed by atoms with van der Waals surface area (Å²) < 4.78 is 0. The van der Waals surface area contributed by atoms with E-state index < -0.39 is 5.97 Å². The van der Waals surface area contributed by atoms with Crippen LogP contribution in [0.4, 0.5) is 0 Å². The topological polar surface area (TPSA) is 62.5 Å². The number of carboxylic acid groups (broad SMARTS) is 1. The van der Waals surface area contributed by atoms with E-state index in [0.717, 1.165) is 5.56 Å². The van der Waals surface area contributed by atoms with Gasteiger partial charge in [-0.2, -0.15) is 0 Å². The summed E-state index contributed by atoms with van der Waals surface area (Å²) >= 11 is 0. The average Bonchev–Trinajstić information content (AvgIpc) is 2.15. The van der Waals surface area contributed by atoms with Gasteiger partial charge in [-0.3, -0.25) is 14.8 Å². The molecule has 13 heavy (non-hydrogen) atoms. The molecular formula is C9H10N2O2. The summed E-state index contributed by atoms with van der Waals surface area (Å²) in [6.45, 7) is 1.57. The summed E-state index contributed by atoms with van der Waals surface area (Å²) in [5, 5.41) is 8.39. The zero-order chi connectivity index (χ0) is 9.68. The molecule has 0 fully saturated rings. The molecule has 0 radical (unpaired) electrons. The van der Waals surface area contributed by atoms with Crippen LogP contribution in [0.3, 0.4) is 0 Å². The zero-order valence-electron chi connectivity index (χ0n) is 7.27. The Morgan fingerprint density at radius 2 is 2.46 bits per heavy atom. The van der Waals surface area contributed by atoms with Crippen LogP contribution < -0.4 is 0 Å². The minimum Gasteiger partial charge on any atom is -0.480 e. The van der Waals surface area contributed by atoms with Crippen LogP contribution >= 0.6 is 0 Å². The van der Waals surface area contributed by atoms with Gasteiger partial charge in [0.25, 0.3) is 0 Å². The molecule has 1 heterocycles. The third-order valence-electron chi connectivity index (χ3n) is 1.53. The predicted molar refractivity (Wildman–Crippen MR) is 49.0 cm³/mol. The molecule has 4 nitrogen and oxygen atoms in total. The Morgan fingerprint density at radius 3 is 3.00 bits per heavy atom. The number of carbonyl (C=O) groups is 1. The van der Waals surface area contributed by atoms with Crippen LogP contribution in [0.5, 0.6) is 0 Å². The highest BCUT2D eigenvalue weighted by Crippen LogP contribution is 1.97. The highest BCUT2D eigenvalue weighted by Gasteiger charge is 1.97. The molecule has 0 amide bonds. The second-order valence-electron chi connectivity index (χ2n) is 2.54. The molecule has 0 aliphatic heterocycles. The van der Waals surface area contributed by atoms with Crippen LogP contribution in [0.2, 0.25) is 0 Å². The monoisotopic (exact) mass is 178 g/mol. The highest BCUT2D eigenvalue weighted by atomic mass is 16.4. The number of aliphatic imine (C=N–C) groups is 1. The van der Waals surface area contributed by atoms with Gasteiger partial charge in [-0.1, -0.05) is 6.07 Å². The molecule has 0 saturated carbocycles. The van der Waals surface area contributed by atoms with Gasteiger partial charge in [-0.25, -0.2) is 0 Å². The molecule has 1 aromatic heterocycles. The minimum absolute atomic E-state index is 0.194. The van der Waals surface area contributed by atoms with Crippen molar-refractivity contribution in [1.29, 1.82) is 0 Å². The van der Waals surface area contributed by atoms with Gasteiger partial charge in [-0.05, 0) is 13.0 Å². The van der Waals surface area contributed by atoms with Gasteiger partial charge in [0.1, 0.15) is 6.54 Å². The largest absolute Gasteiger partial charge is 0.480 e. The van der Waals surface area contributed by atoms with E-state index in [4.69, 9.17) is 5.11 Å². The van der Waals surface area contributed by atoms with Crippen molar-refractivity contribution in [2.45, 2.75) is 6.92 Å². The van der Waals surface area contributed by atoms with Gasteiger partial charge in [0.15, 0.2) is 0 Å². The van der Waals surface area contributed by atoms with Gasteiger partial charge in [0.2, 0.25) is 0 Å². The number of hydrogen-bond donors (Lipinski definition) is 1. The van der Waals surface area contributed by atoms with Crippen molar-refractivity contribution in [3.8, 4) is 0 Å². The Balaban J connectivity index is 2.73. The fourth-order valence-electron chi connectivity index (χ4n) is 0.854. The predicted octanol–water partition coefficient (Wildman–Crippen LogP) is 0.975. The maximum Gasteiger partial charge on any atom is 0.325 e. The molecule has 4 heteroatoms. The standard InChI is InChI=1S/C9H10N2O2/c1-7(11-6-9(12)13)8-3-2-4-10-5-8/h2-5H,6H2,1H3,(H,12,13). The van der Waals surface area contributed by atoms with E-state index in [9.17, 15) is 4.79 Å². The van der Waals surface area contributed by atoms with Gasteiger partial charge in [-0.15, -0.1) is 0 Å². The van der Waals surface area contributed by atoms with Crippen LogP contribution in [0.1, 0.15) is 12.5 Å². The van der Waals surface area contributed by atoms with Crippen molar-refractivity contribution in [3.63, 3.8) is 0 Å². The number of rotatable bonds is 3. The summed E-state index contributed by atoms with van der Waals surface area (Å²) in [5.74, 6) is -0.928. The quantitative estimate of drug-likeness (QED) is 0.701. The van der Waals surface area contributed by atoms with E-state index in [-0.39, 0.29) is 6.54 Å². The van der Waals surface area contributed by atoms with Crippen LogP contribution in [-0.2, 0) is 4.79 Å². The first-order valence-corrected chi connectivity index (χ1v) is 3.83. The molecule has 0 aromatic carbocycles. The number of pyridine rings is 1. The molecule has 0 bridgehead atoms. The van der Waals surface area contributed by atoms with E-state index in [1.807, 2.05) is 6.07 Å². The first kappa shape index (κ1) is 9.38. The fraction of sp³-hybridized carbons (Fsp3) is 0.222. The lowest BCUT2D eigenvalue weighted by Crippen LogP contribution is -2.03. The van der Waals surface area contributed by atoms with Crippen molar-refractivity contribution >= 4 is 11.7 Å². The first-order chi connectivity index (χ1) is 6.20. The lowest BCUT2D eigenvalue weighted by molar-refractivity contribution is -0.135. The van der Waals surface area contributed by atoms with E-state index in [0.29, 0.717) is 5.71 Å². The van der Waals surface area contributed by atoms with Gasteiger partial charge < -0.3 is 5.11 Å². The maximum absolute atomic E-state index is 10.2. The van der Waals surface area contributed by atoms with Crippen LogP contribution in [0, 0.1) is 0 Å². The van der Waals surface area contributed by atoms with Gasteiger partial charge in [0.05, 0.1) is 0 Å². The third-order valence-corrected chi connectivity index (χ3v) is 1.53. The summed E-state index contributed by atoms with van der Waals surface area (Å²) in [5.41, 5.74) is 1.54. The maximum atomic E-state index is 10.2. The zero-order valence-corrected chi connectivity index (χ0v) is 7.27. The lowest BCUT2D eigenvalue weighted by atomic mass is 10.2. The van der Waals surface area contributed by atoms with Gasteiger partial charge >= 0.3 is 5.97 Å². The van der Waals surface area contributed by atoms with E-state index in [1.165, 1.54) is 0 Å². The van der Waals surface area contributed by atoms with Crippen LogP contribution in [-0.4, -0.2) is 28.3 Å². The molecule has 0 saturated heterocycles. The fourth-order valence-corrected chi connectivity index (χ4v) is 0.854. The second kappa shape index (κ2) is 4.35. The molecule has 1 N–H and O–H groups in total. The summed E-state index contributed by atoms with van der Waals surface area (Å²) in [6, 6.07) is 3.63. The van der Waals surface area contributed by atoms with Crippen molar-refractivity contribution in [2.24, 2.45) is 4.99 Å². The lowest BCUT2D eigenvalue weighted by Gasteiger charge is -1.97. The van der Waals surface area contributed by atoms with Crippen molar-refractivity contribution in [1.82, 2.24) is 4.98 Å². The smallest absolute Gasteiger partial charge is 0.325 e. The first-order valence-electron chi connectivity index (χ1n) is 3.83. The Bertz CT molecular complexity index is 320. The average molecular weight is 178 g/mol. The van der Waals surface area contributed by atoms with Crippen LogP contribution in [0.15, 0.2) is 29.5 Å². The third kappa shape index (κ3) is 3.02. The Kier molecular flexibility index (Phi) is 3.14. The van der Waals surface area contributed by atoms with E-state index >= 15 is 0 Å². The number of carboxylic acids is 1. The van der Waals surface area contributed by atoms with Crippen molar-refractivity contribution in [3.05, 3.63) is 30.1 Å². The normalized spacial score (nSPS) is 11.3. The van der Waals surface area contributed by atoms with Crippen molar-refractivity contribution in [2.75, 3.05) is 6.54 Å². The minimum atomic E-state index is -0.928. The van der Waals surface area contributed by atoms with E-state index in [2.05, 4.69) is 9.98 Å². The molecule has 0 unspecified atom stereocenters. The summed E-state index contributed by atoms with van der Waals surface area (Å²) in [6.07, 6.45) is 3.31. The number of aliphatic carboxylic acids is 1. The molecule has 0 aliphatic rings. The number of hydrogen-bond acceptors (Lipinski definition) is 3. The molecule has 0 spiro atoms. The Hall–Kier alpha value is -1.71.